The molecular formula is C12H13F2NO3. The molecule has 1 aromatic carbocycles. The smallest absolute Gasteiger partial charge is 0.325 e. The maximum absolute atomic E-state index is 13.2. The predicted octanol–water partition coefficient (Wildman–Crippen LogP) is 1.49. The van der Waals surface area contributed by atoms with E-state index in [0.29, 0.717) is 0 Å². The third-order valence-corrected chi connectivity index (χ3v) is 2.38. The number of carboxylic acid groups (broad SMARTS) is 1. The largest absolute Gasteiger partial charge is 0.480 e. The normalized spacial score (nSPS) is 11.9. The van der Waals surface area contributed by atoms with Gasteiger partial charge in [-0.3, -0.25) is 9.59 Å². The van der Waals surface area contributed by atoms with Crippen LogP contribution in [0.4, 0.5) is 8.78 Å². The van der Waals surface area contributed by atoms with Crippen molar-refractivity contribution in [1.29, 1.82) is 0 Å². The number of carbonyl (C=O) groups excluding carboxylic acids is 1. The zero-order chi connectivity index (χ0) is 13.7. The molecule has 2 N–H and O–H groups in total. The minimum Gasteiger partial charge on any atom is -0.480 e. The molecule has 4 nitrogen and oxygen atoms in total. The monoisotopic (exact) mass is 257 g/mol. The molecule has 0 saturated heterocycles. The highest BCUT2D eigenvalue weighted by atomic mass is 19.1. The molecule has 1 rings (SSSR count). The standard InChI is InChI=1S/C12H13F2NO3/c1-7(12(17)18)15-11(16)5-2-8-6-9(13)3-4-10(8)14/h3-4,6-7H,2,5H2,1H3,(H,15,16)(H,17,18)/t7-/m1/s1. The fourth-order valence-electron chi connectivity index (χ4n) is 1.36. The van der Waals surface area contributed by atoms with Crippen LogP contribution in [0.2, 0.25) is 0 Å². The molecule has 6 heteroatoms. The average Bonchev–Trinajstić information content (AvgIpc) is 2.30. The lowest BCUT2D eigenvalue weighted by Gasteiger charge is -2.09. The number of rotatable bonds is 5. The third kappa shape index (κ3) is 4.12. The molecule has 18 heavy (non-hydrogen) atoms. The van der Waals surface area contributed by atoms with Gasteiger partial charge in [0.25, 0.3) is 0 Å². The SMILES string of the molecule is C[C@@H](NC(=O)CCc1cc(F)ccc1F)C(=O)O. The van der Waals surface area contributed by atoms with Crippen molar-refractivity contribution in [3.05, 3.63) is 35.4 Å². The van der Waals surface area contributed by atoms with E-state index in [1.807, 2.05) is 0 Å². The summed E-state index contributed by atoms with van der Waals surface area (Å²) in [5, 5.41) is 10.8. The van der Waals surface area contributed by atoms with Gasteiger partial charge in [-0.1, -0.05) is 0 Å². The van der Waals surface area contributed by atoms with Crippen LogP contribution < -0.4 is 5.32 Å². The Morgan fingerprint density at radius 2 is 2.06 bits per heavy atom. The van der Waals surface area contributed by atoms with Crippen molar-refractivity contribution in [3.8, 4) is 0 Å². The lowest BCUT2D eigenvalue weighted by atomic mass is 10.1. The zero-order valence-electron chi connectivity index (χ0n) is 9.74. The van der Waals surface area contributed by atoms with Crippen LogP contribution in [0.3, 0.4) is 0 Å². The van der Waals surface area contributed by atoms with Gasteiger partial charge in [-0.25, -0.2) is 8.78 Å². The van der Waals surface area contributed by atoms with E-state index in [-0.39, 0.29) is 18.4 Å². The number of carbonyl (C=O) groups is 2. The molecule has 0 unspecified atom stereocenters. The Hall–Kier alpha value is -1.98. The van der Waals surface area contributed by atoms with Gasteiger partial charge in [-0.05, 0) is 37.1 Å². The summed E-state index contributed by atoms with van der Waals surface area (Å²) in [6.45, 7) is 1.32. The first-order chi connectivity index (χ1) is 8.40. The second-order valence-electron chi connectivity index (χ2n) is 3.86. The van der Waals surface area contributed by atoms with Gasteiger partial charge in [0.15, 0.2) is 0 Å². The van der Waals surface area contributed by atoms with E-state index in [0.717, 1.165) is 18.2 Å². The van der Waals surface area contributed by atoms with E-state index in [9.17, 15) is 18.4 Å². The molecule has 0 heterocycles. The number of carboxylic acids is 1. The van der Waals surface area contributed by atoms with Gasteiger partial charge in [0.1, 0.15) is 17.7 Å². The fraction of sp³-hybridized carbons (Fsp3) is 0.333. The summed E-state index contributed by atoms with van der Waals surface area (Å²) in [4.78, 5) is 21.8. The molecule has 1 atom stereocenters. The van der Waals surface area contributed by atoms with Gasteiger partial charge in [-0.15, -0.1) is 0 Å². The molecular weight excluding hydrogens is 244 g/mol. The van der Waals surface area contributed by atoms with Gasteiger partial charge < -0.3 is 10.4 Å². The summed E-state index contributed by atoms with van der Waals surface area (Å²) in [5.41, 5.74) is 0.0909. The van der Waals surface area contributed by atoms with Crippen molar-refractivity contribution in [2.75, 3.05) is 0 Å². The van der Waals surface area contributed by atoms with Crippen LogP contribution in [-0.2, 0) is 16.0 Å². The highest BCUT2D eigenvalue weighted by molar-refractivity contribution is 5.83. The maximum Gasteiger partial charge on any atom is 0.325 e. The van der Waals surface area contributed by atoms with E-state index < -0.39 is 29.6 Å². The van der Waals surface area contributed by atoms with E-state index in [4.69, 9.17) is 5.11 Å². The van der Waals surface area contributed by atoms with Gasteiger partial charge in [0, 0.05) is 6.42 Å². The molecule has 0 aliphatic rings. The predicted molar refractivity (Wildman–Crippen MR) is 59.9 cm³/mol. The summed E-state index contributed by atoms with van der Waals surface area (Å²) >= 11 is 0. The van der Waals surface area contributed by atoms with E-state index in [1.54, 1.807) is 0 Å². The molecule has 1 amide bonds. The fourth-order valence-corrected chi connectivity index (χ4v) is 1.36. The topological polar surface area (TPSA) is 66.4 Å². The van der Waals surface area contributed by atoms with Crippen LogP contribution in [0.5, 0.6) is 0 Å². The molecule has 1 aromatic rings. The van der Waals surface area contributed by atoms with Crippen LogP contribution in [0.1, 0.15) is 18.9 Å². The summed E-state index contributed by atoms with van der Waals surface area (Å²) in [6.07, 6.45) is -0.0836. The summed E-state index contributed by atoms with van der Waals surface area (Å²) in [6, 6.07) is 1.99. The lowest BCUT2D eigenvalue weighted by Crippen LogP contribution is -2.38. The van der Waals surface area contributed by atoms with Crippen molar-refractivity contribution in [2.24, 2.45) is 0 Å². The van der Waals surface area contributed by atoms with E-state index in [1.165, 1.54) is 6.92 Å². The Balaban J connectivity index is 2.52. The van der Waals surface area contributed by atoms with E-state index in [2.05, 4.69) is 5.32 Å². The second-order valence-corrected chi connectivity index (χ2v) is 3.86. The number of aryl methyl sites for hydroxylation is 1. The first kappa shape index (κ1) is 14.1. The molecule has 0 radical (unpaired) electrons. The van der Waals surface area contributed by atoms with Crippen molar-refractivity contribution in [1.82, 2.24) is 5.32 Å². The second kappa shape index (κ2) is 6.09. The molecule has 0 aliphatic heterocycles. The van der Waals surface area contributed by atoms with Crippen LogP contribution in [0.15, 0.2) is 18.2 Å². The maximum atomic E-state index is 13.2. The van der Waals surface area contributed by atoms with Gasteiger partial charge in [0.05, 0.1) is 0 Å². The van der Waals surface area contributed by atoms with Crippen LogP contribution in [0.25, 0.3) is 0 Å². The quantitative estimate of drug-likeness (QED) is 0.839. The van der Waals surface area contributed by atoms with Crippen LogP contribution in [-0.4, -0.2) is 23.0 Å². The number of hydrogen-bond donors (Lipinski definition) is 2. The lowest BCUT2D eigenvalue weighted by molar-refractivity contribution is -0.141. The Morgan fingerprint density at radius 3 is 2.67 bits per heavy atom. The Morgan fingerprint density at radius 1 is 1.39 bits per heavy atom. The highest BCUT2D eigenvalue weighted by Crippen LogP contribution is 2.11. The van der Waals surface area contributed by atoms with Crippen LogP contribution >= 0.6 is 0 Å². The highest BCUT2D eigenvalue weighted by Gasteiger charge is 2.14. The summed E-state index contributed by atoms with van der Waals surface area (Å²) in [7, 11) is 0. The number of amides is 1. The molecule has 98 valence electrons. The van der Waals surface area contributed by atoms with Gasteiger partial charge in [0.2, 0.25) is 5.91 Å². The first-order valence-corrected chi connectivity index (χ1v) is 5.36. The molecule has 0 fully saturated rings. The van der Waals surface area contributed by atoms with Crippen LogP contribution in [0, 0.1) is 11.6 Å². The number of nitrogens with one attached hydrogen (secondary N) is 1. The zero-order valence-corrected chi connectivity index (χ0v) is 9.74. The average molecular weight is 257 g/mol. The number of halogens is 2. The number of hydrogen-bond acceptors (Lipinski definition) is 2. The summed E-state index contributed by atoms with van der Waals surface area (Å²) < 4.78 is 26.1. The van der Waals surface area contributed by atoms with Gasteiger partial charge in [-0.2, -0.15) is 0 Å². The minimum absolute atomic E-state index is 0.0156. The van der Waals surface area contributed by atoms with Crippen molar-refractivity contribution < 1.29 is 23.5 Å². The van der Waals surface area contributed by atoms with E-state index >= 15 is 0 Å². The Kier molecular flexibility index (Phi) is 4.76. The minimum atomic E-state index is -1.15. The molecule has 0 aliphatic carbocycles. The molecule has 0 spiro atoms. The van der Waals surface area contributed by atoms with Gasteiger partial charge >= 0.3 is 5.97 Å². The first-order valence-electron chi connectivity index (χ1n) is 5.36. The summed E-state index contributed by atoms with van der Waals surface area (Å²) in [5.74, 6) is -2.84. The molecule has 0 saturated carbocycles. The molecule has 0 aromatic heterocycles. The number of aliphatic carboxylic acids is 1. The Bertz CT molecular complexity index is 463. The van der Waals surface area contributed by atoms with Crippen molar-refractivity contribution in [2.45, 2.75) is 25.8 Å². The van der Waals surface area contributed by atoms with Crippen molar-refractivity contribution >= 4 is 11.9 Å². The number of benzene rings is 1. The molecule has 0 bridgehead atoms. The third-order valence-electron chi connectivity index (χ3n) is 2.38. The van der Waals surface area contributed by atoms with Crippen molar-refractivity contribution in [3.63, 3.8) is 0 Å². The Labute approximate surface area is 103 Å².